The lowest BCUT2D eigenvalue weighted by atomic mass is 10.2. The fraction of sp³-hybridized carbons (Fsp3) is 0.579. The molecule has 31 heavy (non-hydrogen) atoms. The molecule has 2 unspecified atom stereocenters. The number of amides is 1. The molecule has 0 aromatic carbocycles. The molecule has 0 radical (unpaired) electrons. The van der Waals surface area contributed by atoms with E-state index in [2.05, 4.69) is 10.5 Å². The number of rotatable bonds is 7. The van der Waals surface area contributed by atoms with Gasteiger partial charge < -0.3 is 9.47 Å². The average Bonchev–Trinajstić information content (AvgIpc) is 3.37. The Morgan fingerprint density at radius 3 is 2.68 bits per heavy atom. The van der Waals surface area contributed by atoms with Crippen LogP contribution in [0, 0.1) is 6.92 Å². The molecule has 2 aromatic rings. The Hall–Kier alpha value is -2.21. The zero-order valence-electron chi connectivity index (χ0n) is 17.9. The molecule has 12 heteroatoms. The molecule has 0 bridgehead atoms. The summed E-state index contributed by atoms with van der Waals surface area (Å²) in [5, 5.41) is 4.34. The highest BCUT2D eigenvalue weighted by molar-refractivity contribution is 7.20. The summed E-state index contributed by atoms with van der Waals surface area (Å²) in [6, 6.07) is -0.402. The van der Waals surface area contributed by atoms with Crippen LogP contribution in [0.25, 0.3) is 10.2 Å². The van der Waals surface area contributed by atoms with Crippen molar-refractivity contribution in [2.75, 3.05) is 13.7 Å². The van der Waals surface area contributed by atoms with Crippen molar-refractivity contribution >= 4 is 45.7 Å². The number of carbonyl (C=O) groups excluding carboxylic acids is 1. The average molecular weight is 473 g/mol. The number of ether oxygens (including phenoxy) is 2. The molecule has 1 fully saturated rings. The predicted molar refractivity (Wildman–Crippen MR) is 118 cm³/mol. The van der Waals surface area contributed by atoms with E-state index in [0.29, 0.717) is 33.7 Å². The van der Waals surface area contributed by atoms with Crippen molar-refractivity contribution in [3.63, 3.8) is 0 Å². The van der Waals surface area contributed by atoms with Crippen molar-refractivity contribution < 1.29 is 18.6 Å². The fourth-order valence-corrected chi connectivity index (χ4v) is 4.53. The Morgan fingerprint density at radius 1 is 1.39 bits per heavy atom. The van der Waals surface area contributed by atoms with Crippen LogP contribution in [0.15, 0.2) is 14.7 Å². The molecule has 170 valence electrons. The van der Waals surface area contributed by atoms with E-state index in [0.717, 1.165) is 0 Å². The summed E-state index contributed by atoms with van der Waals surface area (Å²) in [7, 11) is 1.54. The van der Waals surface area contributed by atoms with Gasteiger partial charge in [0.2, 0.25) is 0 Å². The molecule has 1 aliphatic rings. The smallest absolute Gasteiger partial charge is 0.428 e. The number of thiophene rings is 1. The highest BCUT2D eigenvalue weighted by Crippen LogP contribution is 2.38. The van der Waals surface area contributed by atoms with Crippen LogP contribution in [0.2, 0.25) is 0 Å². The number of hydrogen-bond donors (Lipinski definition) is 1. The van der Waals surface area contributed by atoms with E-state index in [1.54, 1.807) is 27.7 Å². The molecule has 1 N–H and O–H groups in total. The van der Waals surface area contributed by atoms with E-state index < -0.39 is 29.0 Å². The van der Waals surface area contributed by atoms with Crippen molar-refractivity contribution in [2.24, 2.45) is 5.10 Å². The Balaban J connectivity index is 2.02. The zero-order chi connectivity index (χ0) is 22.9. The van der Waals surface area contributed by atoms with Crippen LogP contribution in [0.1, 0.15) is 43.7 Å². The molecule has 2 atom stereocenters. The molecule has 1 aliphatic carbocycles. The van der Waals surface area contributed by atoms with E-state index >= 15 is 0 Å². The molecule has 0 saturated heterocycles. The normalized spacial score (nSPS) is 18.6. The number of hydrazone groups is 1. The van der Waals surface area contributed by atoms with Crippen LogP contribution in [0.5, 0.6) is 0 Å². The number of nitrogens with zero attached hydrogens (tertiary/aromatic N) is 3. The minimum Gasteiger partial charge on any atom is -0.443 e. The van der Waals surface area contributed by atoms with Gasteiger partial charge in [-0.25, -0.2) is 15.0 Å². The van der Waals surface area contributed by atoms with E-state index in [4.69, 9.17) is 25.6 Å². The maximum atomic E-state index is 13.2. The second-order valence-electron chi connectivity index (χ2n) is 8.18. The van der Waals surface area contributed by atoms with Crippen LogP contribution >= 0.6 is 23.2 Å². The lowest BCUT2D eigenvalue weighted by Gasteiger charge is -2.18. The van der Waals surface area contributed by atoms with Crippen molar-refractivity contribution in [3.8, 4) is 0 Å². The van der Waals surface area contributed by atoms with Gasteiger partial charge in [0.25, 0.3) is 5.56 Å². The first-order valence-electron chi connectivity index (χ1n) is 9.65. The summed E-state index contributed by atoms with van der Waals surface area (Å²) in [6.07, 6.45) is 0.855. The first kappa shape index (κ1) is 23.5. The van der Waals surface area contributed by atoms with Gasteiger partial charge in [-0.15, -0.1) is 11.3 Å². The van der Waals surface area contributed by atoms with Gasteiger partial charge in [-0.05, 0) is 33.3 Å². The summed E-state index contributed by atoms with van der Waals surface area (Å²) in [4.78, 5) is 39.2. The number of nitrogens with one attached hydrogen (secondary N) is 1. The first-order chi connectivity index (χ1) is 14.6. The van der Waals surface area contributed by atoms with Crippen molar-refractivity contribution in [3.05, 3.63) is 31.3 Å². The minimum atomic E-state index is -0.692. The Kier molecular flexibility index (Phi) is 6.89. The van der Waals surface area contributed by atoms with Crippen LogP contribution < -0.4 is 16.7 Å². The number of hydrogen-bond acceptors (Lipinski definition) is 8. The second-order valence-corrected chi connectivity index (χ2v) is 9.38. The van der Waals surface area contributed by atoms with Crippen LogP contribution in [0.4, 0.5) is 4.79 Å². The van der Waals surface area contributed by atoms with Crippen LogP contribution in [-0.4, -0.2) is 46.9 Å². The lowest BCUT2D eigenvalue weighted by Crippen LogP contribution is -2.40. The van der Waals surface area contributed by atoms with Crippen molar-refractivity contribution in [2.45, 2.75) is 58.4 Å². The fourth-order valence-electron chi connectivity index (χ4n) is 3.15. The maximum absolute atomic E-state index is 13.2. The first-order valence-corrected chi connectivity index (χ1v) is 10.8. The molecular weight excluding hydrogens is 448 g/mol. The third-order valence-electron chi connectivity index (χ3n) is 4.68. The Bertz CT molecular complexity index is 1130. The van der Waals surface area contributed by atoms with Gasteiger partial charge in [-0.2, -0.15) is 5.10 Å². The highest BCUT2D eigenvalue weighted by Gasteiger charge is 2.43. The minimum absolute atomic E-state index is 0.276. The van der Waals surface area contributed by atoms with Crippen LogP contribution in [0.3, 0.4) is 0 Å². The number of aromatic nitrogens is 2. The number of fused-ring (bicyclic) bond motifs is 1. The largest absolute Gasteiger partial charge is 0.443 e. The van der Waals surface area contributed by atoms with Crippen molar-refractivity contribution in [1.29, 1.82) is 0 Å². The molecule has 2 heterocycles. The third-order valence-corrected chi connectivity index (χ3v) is 6.16. The lowest BCUT2D eigenvalue weighted by molar-refractivity contribution is 0.0529. The quantitative estimate of drug-likeness (QED) is 0.489. The highest BCUT2D eigenvalue weighted by atomic mass is 35.5. The second kappa shape index (κ2) is 9.11. The number of aryl methyl sites for hydroxylation is 1. The van der Waals surface area contributed by atoms with Crippen molar-refractivity contribution in [1.82, 2.24) is 14.6 Å². The van der Waals surface area contributed by atoms with Gasteiger partial charge in [0, 0.05) is 13.5 Å². The zero-order valence-corrected chi connectivity index (χ0v) is 19.5. The van der Waals surface area contributed by atoms with Gasteiger partial charge >= 0.3 is 11.8 Å². The summed E-state index contributed by atoms with van der Waals surface area (Å²) < 4.78 is 17.8. The predicted octanol–water partition coefficient (Wildman–Crippen LogP) is 2.52. The van der Waals surface area contributed by atoms with Crippen LogP contribution in [-0.2, 0) is 20.3 Å². The number of methoxy groups -OCH3 is 1. The monoisotopic (exact) mass is 472 g/mol. The summed E-state index contributed by atoms with van der Waals surface area (Å²) >= 11 is 6.68. The van der Waals surface area contributed by atoms with E-state index in [1.807, 2.05) is 0 Å². The topological polar surface area (TPSA) is 113 Å². The molecule has 10 nitrogen and oxygen atoms in total. The molecule has 1 saturated carbocycles. The van der Waals surface area contributed by atoms with Gasteiger partial charge in [-0.3, -0.25) is 18.2 Å². The molecule has 0 aliphatic heterocycles. The number of halogens is 1. The Labute approximate surface area is 187 Å². The van der Waals surface area contributed by atoms with Gasteiger partial charge in [-0.1, -0.05) is 0 Å². The summed E-state index contributed by atoms with van der Waals surface area (Å²) in [5.74, 6) is 0. The summed E-state index contributed by atoms with van der Waals surface area (Å²) in [5.41, 5.74) is 1.47. The molecule has 2 aromatic heterocycles. The van der Waals surface area contributed by atoms with E-state index in [1.165, 1.54) is 33.8 Å². The van der Waals surface area contributed by atoms with Gasteiger partial charge in [0.1, 0.15) is 16.5 Å². The van der Waals surface area contributed by atoms with E-state index in [9.17, 15) is 14.4 Å². The molecule has 3 rings (SSSR count). The van der Waals surface area contributed by atoms with E-state index in [-0.39, 0.29) is 12.6 Å². The SMILES string of the molecule is COCCn1c(=O)n(C2CC2OCl)c(=O)c2c(C)c(/C=N/NC(=O)OC(C)(C)C)sc21. The van der Waals surface area contributed by atoms with Gasteiger partial charge in [0.15, 0.2) is 0 Å². The maximum Gasteiger partial charge on any atom is 0.428 e. The molecule has 0 spiro atoms. The summed E-state index contributed by atoms with van der Waals surface area (Å²) in [6.45, 7) is 7.59. The Morgan fingerprint density at radius 2 is 2.10 bits per heavy atom. The van der Waals surface area contributed by atoms with Gasteiger partial charge in [0.05, 0.1) is 47.5 Å². The third kappa shape index (κ3) is 5.00. The molecular formula is C19H25ClN4O6S. The standard InChI is InChI=1S/C19H25ClN4O6S/c1-10-13(9-21-22-17(26)29-19(2,3)4)31-16-14(10)15(25)24(11-8-12(11)30-20)18(27)23(16)6-7-28-5/h9,11-12H,6-8H2,1-5H3,(H,22,26)/b21-9+. The number of carbonyl (C=O) groups is 1. The molecule has 1 amide bonds.